The Balaban J connectivity index is 1.57. The molecule has 4 aromatic rings. The van der Waals surface area contributed by atoms with E-state index in [1.165, 1.54) is 24.3 Å². The number of rotatable bonds is 5. The van der Waals surface area contributed by atoms with Crippen LogP contribution in [0.4, 0.5) is 0 Å². The molecule has 0 saturated heterocycles. The Labute approximate surface area is 221 Å². The van der Waals surface area contributed by atoms with E-state index in [-0.39, 0.29) is 47.0 Å². The molecule has 2 unspecified atom stereocenters. The van der Waals surface area contributed by atoms with E-state index in [1.807, 2.05) is 30.3 Å². The Bertz CT molecular complexity index is 1540. The van der Waals surface area contributed by atoms with Crippen LogP contribution in [-0.2, 0) is 17.6 Å². The predicted octanol–water partition coefficient (Wildman–Crippen LogP) is 4.12. The number of aromatic hydroxyl groups is 7. The minimum Gasteiger partial charge on any atom is -0.507 e. The minimum absolute atomic E-state index is 0.0721. The van der Waals surface area contributed by atoms with Crippen molar-refractivity contribution in [2.75, 3.05) is 0 Å². The molecule has 0 radical (unpaired) electrons. The Hall–Kier alpha value is -5.25. The van der Waals surface area contributed by atoms with Gasteiger partial charge in [0.15, 0.2) is 34.9 Å². The van der Waals surface area contributed by atoms with E-state index in [9.17, 15) is 40.5 Å². The zero-order chi connectivity index (χ0) is 27.8. The summed E-state index contributed by atoms with van der Waals surface area (Å²) in [5.41, 5.74) is 1.58. The molecule has 0 saturated carbocycles. The van der Waals surface area contributed by atoms with E-state index in [4.69, 9.17) is 9.47 Å². The van der Waals surface area contributed by atoms with E-state index in [0.717, 1.165) is 17.7 Å². The molecule has 7 N–H and O–H groups in total. The molecule has 10 heteroatoms. The largest absolute Gasteiger partial charge is 0.507 e. The Kier molecular flexibility index (Phi) is 6.45. The summed E-state index contributed by atoms with van der Waals surface area (Å²) >= 11 is 0. The molecule has 0 aromatic heterocycles. The van der Waals surface area contributed by atoms with Gasteiger partial charge in [0.25, 0.3) is 0 Å². The van der Waals surface area contributed by atoms with Crippen molar-refractivity contribution in [1.29, 1.82) is 0 Å². The molecule has 1 heterocycles. The highest BCUT2D eigenvalue weighted by atomic mass is 16.6. The van der Waals surface area contributed by atoms with Crippen molar-refractivity contribution in [1.82, 2.24) is 0 Å². The van der Waals surface area contributed by atoms with Crippen LogP contribution in [0.2, 0.25) is 0 Å². The van der Waals surface area contributed by atoms with Crippen LogP contribution in [0.3, 0.4) is 0 Å². The second kappa shape index (κ2) is 9.90. The van der Waals surface area contributed by atoms with E-state index in [1.54, 1.807) is 0 Å². The molecule has 0 bridgehead atoms. The molecule has 0 aliphatic carbocycles. The lowest BCUT2D eigenvalue weighted by molar-refractivity contribution is -0.0192. The fourth-order valence-corrected chi connectivity index (χ4v) is 4.57. The van der Waals surface area contributed by atoms with Crippen LogP contribution in [0, 0.1) is 0 Å². The lowest BCUT2D eigenvalue weighted by Crippen LogP contribution is -2.35. The summed E-state index contributed by atoms with van der Waals surface area (Å²) in [6, 6.07) is 16.2. The standard InChI is InChI=1S/C29H24O10/c30-19-7-6-15(9-22(19)33)27-25(38-29(37)16-10-23(34)26(36)24(35)11-16)12-18-21(32)13-20(31)17(28(18)39-27)8-14-4-2-1-3-5-14/h1-7,9-11,13,25,27,30-36H,8,12H2. The number of carbonyl (C=O) groups is 1. The number of ether oxygens (including phenoxy) is 2. The molecule has 10 nitrogen and oxygen atoms in total. The fourth-order valence-electron chi connectivity index (χ4n) is 4.57. The van der Waals surface area contributed by atoms with Crippen LogP contribution in [0.1, 0.15) is 38.7 Å². The summed E-state index contributed by atoms with van der Waals surface area (Å²) in [7, 11) is 0. The van der Waals surface area contributed by atoms with Gasteiger partial charge < -0.3 is 45.2 Å². The van der Waals surface area contributed by atoms with Crippen LogP contribution >= 0.6 is 0 Å². The number of hydrogen-bond donors (Lipinski definition) is 7. The number of phenols is 7. The normalized spacial score (nSPS) is 16.2. The van der Waals surface area contributed by atoms with E-state index in [0.29, 0.717) is 11.1 Å². The van der Waals surface area contributed by atoms with Crippen molar-refractivity contribution in [3.8, 4) is 46.0 Å². The predicted molar refractivity (Wildman–Crippen MR) is 137 cm³/mol. The number of phenolic OH excluding ortho intramolecular Hbond substituents is 7. The third-order valence-corrected chi connectivity index (χ3v) is 6.54. The first-order valence-corrected chi connectivity index (χ1v) is 11.9. The monoisotopic (exact) mass is 532 g/mol. The molecule has 5 rings (SSSR count). The van der Waals surface area contributed by atoms with E-state index < -0.39 is 41.2 Å². The molecule has 0 fully saturated rings. The Morgan fingerprint density at radius 3 is 2.13 bits per heavy atom. The number of hydrogen-bond acceptors (Lipinski definition) is 10. The van der Waals surface area contributed by atoms with Gasteiger partial charge >= 0.3 is 5.97 Å². The number of carbonyl (C=O) groups excluding carboxylic acids is 1. The summed E-state index contributed by atoms with van der Waals surface area (Å²) in [4.78, 5) is 13.0. The number of esters is 1. The lowest BCUT2D eigenvalue weighted by atomic mass is 9.90. The van der Waals surface area contributed by atoms with Gasteiger partial charge in [-0.2, -0.15) is 0 Å². The topological polar surface area (TPSA) is 177 Å². The maximum Gasteiger partial charge on any atom is 0.338 e. The van der Waals surface area contributed by atoms with Crippen molar-refractivity contribution in [3.63, 3.8) is 0 Å². The second-order valence-corrected chi connectivity index (χ2v) is 9.16. The highest BCUT2D eigenvalue weighted by molar-refractivity contribution is 5.91. The van der Waals surface area contributed by atoms with Crippen LogP contribution in [0.5, 0.6) is 46.0 Å². The average molecular weight is 533 g/mol. The first-order chi connectivity index (χ1) is 18.6. The van der Waals surface area contributed by atoms with Gasteiger partial charge in [0.05, 0.1) is 5.56 Å². The summed E-state index contributed by atoms with van der Waals surface area (Å²) in [6.07, 6.45) is -1.98. The first-order valence-electron chi connectivity index (χ1n) is 11.9. The third-order valence-electron chi connectivity index (χ3n) is 6.54. The van der Waals surface area contributed by atoms with E-state index >= 15 is 0 Å². The van der Waals surface area contributed by atoms with Gasteiger partial charge in [0.1, 0.15) is 23.4 Å². The molecule has 1 aliphatic heterocycles. The van der Waals surface area contributed by atoms with Gasteiger partial charge in [0.2, 0.25) is 0 Å². The third kappa shape index (κ3) is 4.87. The van der Waals surface area contributed by atoms with Crippen molar-refractivity contribution in [3.05, 3.63) is 94.5 Å². The molecule has 0 amide bonds. The Morgan fingerprint density at radius 2 is 1.46 bits per heavy atom. The van der Waals surface area contributed by atoms with Crippen LogP contribution < -0.4 is 4.74 Å². The van der Waals surface area contributed by atoms with Crippen LogP contribution in [0.25, 0.3) is 0 Å². The molecule has 1 aliphatic rings. The molecule has 39 heavy (non-hydrogen) atoms. The van der Waals surface area contributed by atoms with Crippen molar-refractivity contribution >= 4 is 5.97 Å². The maximum absolute atomic E-state index is 13.0. The van der Waals surface area contributed by atoms with Crippen molar-refractivity contribution < 1.29 is 50.0 Å². The minimum atomic E-state index is -1.10. The van der Waals surface area contributed by atoms with Crippen molar-refractivity contribution in [2.45, 2.75) is 25.0 Å². The van der Waals surface area contributed by atoms with Gasteiger partial charge in [-0.15, -0.1) is 0 Å². The van der Waals surface area contributed by atoms with Gasteiger partial charge in [0, 0.05) is 35.6 Å². The highest BCUT2D eigenvalue weighted by Gasteiger charge is 2.38. The molecular weight excluding hydrogens is 508 g/mol. The molecule has 200 valence electrons. The van der Waals surface area contributed by atoms with Crippen molar-refractivity contribution in [2.24, 2.45) is 0 Å². The lowest BCUT2D eigenvalue weighted by Gasteiger charge is -2.35. The van der Waals surface area contributed by atoms with Crippen LogP contribution in [-0.4, -0.2) is 47.8 Å². The first kappa shape index (κ1) is 25.4. The molecule has 0 spiro atoms. The smallest absolute Gasteiger partial charge is 0.338 e. The van der Waals surface area contributed by atoms with E-state index in [2.05, 4.69) is 0 Å². The van der Waals surface area contributed by atoms with Gasteiger partial charge in [-0.1, -0.05) is 36.4 Å². The van der Waals surface area contributed by atoms with Gasteiger partial charge in [-0.05, 0) is 29.8 Å². The summed E-state index contributed by atoms with van der Waals surface area (Å²) in [6.45, 7) is 0. The second-order valence-electron chi connectivity index (χ2n) is 9.16. The maximum atomic E-state index is 13.0. The average Bonchev–Trinajstić information content (AvgIpc) is 2.91. The fraction of sp³-hybridized carbons (Fsp3) is 0.138. The Morgan fingerprint density at radius 1 is 0.769 bits per heavy atom. The molecule has 4 aromatic carbocycles. The SMILES string of the molecule is O=C(OC1Cc2c(O)cc(O)c(Cc3ccccc3)c2OC1c1ccc(O)c(O)c1)c1cc(O)c(O)c(O)c1. The highest BCUT2D eigenvalue weighted by Crippen LogP contribution is 2.47. The molecular formula is C29H24O10. The molecule has 2 atom stereocenters. The zero-order valence-corrected chi connectivity index (χ0v) is 20.3. The quantitative estimate of drug-likeness (QED) is 0.146. The summed E-state index contributed by atoms with van der Waals surface area (Å²) in [5, 5.41) is 70.6. The van der Waals surface area contributed by atoms with Gasteiger partial charge in [-0.25, -0.2) is 4.79 Å². The number of benzene rings is 4. The summed E-state index contributed by atoms with van der Waals surface area (Å²) < 4.78 is 11.9. The van der Waals surface area contributed by atoms with Gasteiger partial charge in [-0.3, -0.25) is 0 Å². The van der Waals surface area contributed by atoms with Crippen LogP contribution in [0.15, 0.2) is 66.7 Å². The summed E-state index contributed by atoms with van der Waals surface area (Å²) in [5.74, 6) is -4.36. The number of fused-ring (bicyclic) bond motifs is 1. The zero-order valence-electron chi connectivity index (χ0n) is 20.3.